The molecule has 116 valence electrons. The lowest BCUT2D eigenvalue weighted by molar-refractivity contribution is -0.147. The minimum Gasteiger partial charge on any atom is -0.367 e. The maximum absolute atomic E-state index is 12.7. The number of ether oxygens (including phenoxy) is 1. The zero-order valence-corrected chi connectivity index (χ0v) is 12.9. The van der Waals surface area contributed by atoms with Crippen LogP contribution in [0.3, 0.4) is 0 Å². The molecule has 5 nitrogen and oxygen atoms in total. The number of amides is 1. The number of hydrogen-bond acceptors (Lipinski definition) is 3. The Hall–Kier alpha value is -2.14. The topological polar surface area (TPSA) is 47.4 Å². The van der Waals surface area contributed by atoms with E-state index in [1.165, 1.54) is 0 Å². The minimum atomic E-state index is -0.246. The number of aromatic nitrogens is 2. The summed E-state index contributed by atoms with van der Waals surface area (Å²) in [7, 11) is 0. The molecule has 1 fully saturated rings. The number of carbonyl (C=O) groups is 1. The molecule has 1 aliphatic rings. The molecular formula is C17H21N3O2. The van der Waals surface area contributed by atoms with Crippen LogP contribution in [0.4, 0.5) is 0 Å². The molecule has 1 saturated heterocycles. The van der Waals surface area contributed by atoms with Crippen molar-refractivity contribution in [2.45, 2.75) is 32.1 Å². The molecule has 0 aliphatic carbocycles. The molecular weight excluding hydrogens is 278 g/mol. The Labute approximate surface area is 130 Å². The van der Waals surface area contributed by atoms with Crippen LogP contribution in [0.15, 0.2) is 49.1 Å². The van der Waals surface area contributed by atoms with Crippen LogP contribution < -0.4 is 0 Å². The van der Waals surface area contributed by atoms with E-state index >= 15 is 0 Å². The summed E-state index contributed by atoms with van der Waals surface area (Å²) < 4.78 is 7.84. The van der Waals surface area contributed by atoms with Gasteiger partial charge in [-0.25, -0.2) is 4.98 Å². The summed E-state index contributed by atoms with van der Waals surface area (Å²) in [6.07, 6.45) is 5.16. The molecule has 3 rings (SSSR count). The molecule has 0 unspecified atom stereocenters. The van der Waals surface area contributed by atoms with E-state index in [0.29, 0.717) is 13.1 Å². The second-order valence-electron chi connectivity index (χ2n) is 5.78. The van der Waals surface area contributed by atoms with Gasteiger partial charge >= 0.3 is 0 Å². The van der Waals surface area contributed by atoms with Crippen molar-refractivity contribution in [3.8, 4) is 0 Å². The minimum absolute atomic E-state index is 0.0258. The van der Waals surface area contributed by atoms with Crippen LogP contribution in [0.25, 0.3) is 0 Å². The predicted octanol–water partition coefficient (Wildman–Crippen LogP) is 2.43. The summed E-state index contributed by atoms with van der Waals surface area (Å²) in [4.78, 5) is 18.7. The lowest BCUT2D eigenvalue weighted by atomic mass is 10.1. The number of hydrogen-bond donors (Lipinski definition) is 0. The van der Waals surface area contributed by atoms with Gasteiger partial charge in [0.25, 0.3) is 0 Å². The fraction of sp³-hybridized carbons (Fsp3) is 0.412. The molecule has 0 N–H and O–H groups in total. The van der Waals surface area contributed by atoms with Crippen LogP contribution in [-0.2, 0) is 9.53 Å². The van der Waals surface area contributed by atoms with Gasteiger partial charge in [-0.15, -0.1) is 0 Å². The maximum atomic E-state index is 12.7. The summed E-state index contributed by atoms with van der Waals surface area (Å²) in [6.45, 7) is 5.13. The highest BCUT2D eigenvalue weighted by Gasteiger charge is 2.31. The monoisotopic (exact) mass is 299 g/mol. The first kappa shape index (κ1) is 14.8. The van der Waals surface area contributed by atoms with Gasteiger partial charge in [0.2, 0.25) is 5.91 Å². The van der Waals surface area contributed by atoms with Crippen LogP contribution >= 0.6 is 0 Å². The summed E-state index contributed by atoms with van der Waals surface area (Å²) in [5.41, 5.74) is 1.11. The highest BCUT2D eigenvalue weighted by atomic mass is 16.5. The van der Waals surface area contributed by atoms with Crippen molar-refractivity contribution in [3.05, 3.63) is 54.6 Å². The Morgan fingerprint density at radius 2 is 2.09 bits per heavy atom. The SMILES string of the molecule is C[C@@H]1CN(C(=O)[C@H](C)n2ccnc2)C[C@H](c2ccccc2)O1. The lowest BCUT2D eigenvalue weighted by Crippen LogP contribution is -2.47. The normalized spacial score (nSPS) is 23.3. The van der Waals surface area contributed by atoms with Gasteiger partial charge in [0, 0.05) is 18.9 Å². The zero-order valence-electron chi connectivity index (χ0n) is 12.9. The number of rotatable bonds is 3. The van der Waals surface area contributed by atoms with E-state index in [9.17, 15) is 4.79 Å². The van der Waals surface area contributed by atoms with Crippen molar-refractivity contribution < 1.29 is 9.53 Å². The average molecular weight is 299 g/mol. The fourth-order valence-electron chi connectivity index (χ4n) is 2.87. The number of carbonyl (C=O) groups excluding carboxylic acids is 1. The van der Waals surface area contributed by atoms with Crippen molar-refractivity contribution >= 4 is 5.91 Å². The number of nitrogens with zero attached hydrogens (tertiary/aromatic N) is 3. The molecule has 2 aromatic rings. The molecule has 0 bridgehead atoms. The van der Waals surface area contributed by atoms with E-state index in [-0.39, 0.29) is 24.2 Å². The largest absolute Gasteiger partial charge is 0.367 e. The average Bonchev–Trinajstić information content (AvgIpc) is 3.08. The van der Waals surface area contributed by atoms with Crippen molar-refractivity contribution in [3.63, 3.8) is 0 Å². The molecule has 1 amide bonds. The van der Waals surface area contributed by atoms with E-state index in [4.69, 9.17) is 4.74 Å². The van der Waals surface area contributed by atoms with Crippen LogP contribution in [0.5, 0.6) is 0 Å². The van der Waals surface area contributed by atoms with Crippen molar-refractivity contribution in [1.82, 2.24) is 14.5 Å². The molecule has 0 spiro atoms. The molecule has 1 aliphatic heterocycles. The third-order valence-corrected chi connectivity index (χ3v) is 4.07. The van der Waals surface area contributed by atoms with E-state index in [0.717, 1.165) is 5.56 Å². The quantitative estimate of drug-likeness (QED) is 0.874. The Morgan fingerprint density at radius 1 is 1.32 bits per heavy atom. The van der Waals surface area contributed by atoms with E-state index in [2.05, 4.69) is 4.98 Å². The van der Waals surface area contributed by atoms with E-state index in [1.807, 2.05) is 59.8 Å². The fourth-order valence-corrected chi connectivity index (χ4v) is 2.87. The van der Waals surface area contributed by atoms with Crippen LogP contribution in [0, 0.1) is 0 Å². The molecule has 3 atom stereocenters. The van der Waals surface area contributed by atoms with Gasteiger partial charge in [0.1, 0.15) is 12.1 Å². The second kappa shape index (κ2) is 6.32. The molecule has 0 radical (unpaired) electrons. The summed E-state index contributed by atoms with van der Waals surface area (Å²) in [5.74, 6) is 0.106. The zero-order chi connectivity index (χ0) is 15.5. The smallest absolute Gasteiger partial charge is 0.245 e. The maximum Gasteiger partial charge on any atom is 0.245 e. The third kappa shape index (κ3) is 3.04. The van der Waals surface area contributed by atoms with Crippen LogP contribution in [0.2, 0.25) is 0 Å². The van der Waals surface area contributed by atoms with Crippen molar-refractivity contribution in [1.29, 1.82) is 0 Å². The van der Waals surface area contributed by atoms with Crippen molar-refractivity contribution in [2.24, 2.45) is 0 Å². The number of imidazole rings is 1. The van der Waals surface area contributed by atoms with Crippen LogP contribution in [0.1, 0.15) is 31.6 Å². The number of benzene rings is 1. The second-order valence-corrected chi connectivity index (χ2v) is 5.78. The first-order chi connectivity index (χ1) is 10.6. The van der Waals surface area contributed by atoms with E-state index < -0.39 is 0 Å². The summed E-state index contributed by atoms with van der Waals surface area (Å²) in [6, 6.07) is 9.83. The summed E-state index contributed by atoms with van der Waals surface area (Å²) in [5, 5.41) is 0. The number of morpholine rings is 1. The first-order valence-corrected chi connectivity index (χ1v) is 7.62. The predicted molar refractivity (Wildman–Crippen MR) is 83.2 cm³/mol. The van der Waals surface area contributed by atoms with Gasteiger partial charge in [0.15, 0.2) is 0 Å². The molecule has 5 heteroatoms. The standard InChI is InChI=1S/C17H21N3O2/c1-13-10-20(17(21)14(2)19-9-8-18-12-19)11-16(22-13)15-6-4-3-5-7-15/h3-9,12-14,16H,10-11H2,1-2H3/t13-,14+,16-/m1/s1. The first-order valence-electron chi connectivity index (χ1n) is 7.62. The van der Waals surface area contributed by atoms with Crippen LogP contribution in [-0.4, -0.2) is 39.6 Å². The van der Waals surface area contributed by atoms with Gasteiger partial charge < -0.3 is 14.2 Å². The highest BCUT2D eigenvalue weighted by molar-refractivity contribution is 5.80. The molecule has 1 aromatic carbocycles. The van der Waals surface area contributed by atoms with Gasteiger partial charge in [0.05, 0.1) is 19.0 Å². The van der Waals surface area contributed by atoms with Gasteiger partial charge in [-0.3, -0.25) is 4.79 Å². The third-order valence-electron chi connectivity index (χ3n) is 4.07. The molecule has 2 heterocycles. The Morgan fingerprint density at radius 3 is 2.77 bits per heavy atom. The van der Waals surface area contributed by atoms with Gasteiger partial charge in [-0.1, -0.05) is 30.3 Å². The summed E-state index contributed by atoms with van der Waals surface area (Å²) >= 11 is 0. The van der Waals surface area contributed by atoms with E-state index in [1.54, 1.807) is 12.5 Å². The molecule has 22 heavy (non-hydrogen) atoms. The molecule has 0 saturated carbocycles. The van der Waals surface area contributed by atoms with Gasteiger partial charge in [-0.05, 0) is 19.4 Å². The molecule has 1 aromatic heterocycles. The van der Waals surface area contributed by atoms with Gasteiger partial charge in [-0.2, -0.15) is 0 Å². The Kier molecular flexibility index (Phi) is 4.24. The van der Waals surface area contributed by atoms with Crippen molar-refractivity contribution in [2.75, 3.05) is 13.1 Å². The Bertz CT molecular complexity index is 612. The Balaban J connectivity index is 1.75. The highest BCUT2D eigenvalue weighted by Crippen LogP contribution is 2.26. The lowest BCUT2D eigenvalue weighted by Gasteiger charge is -2.38.